The van der Waals surface area contributed by atoms with Gasteiger partial charge in [0, 0.05) is 29.1 Å². The first-order chi connectivity index (χ1) is 22.9. The fourth-order valence-corrected chi connectivity index (χ4v) is 8.13. The van der Waals surface area contributed by atoms with Gasteiger partial charge in [-0.2, -0.15) is 0 Å². The van der Waals surface area contributed by atoms with E-state index in [1.165, 1.54) is 117 Å². The van der Waals surface area contributed by atoms with E-state index in [4.69, 9.17) is 11.5 Å². The number of rotatable bonds is 16. The van der Waals surface area contributed by atoms with Gasteiger partial charge in [-0.05, 0) is 82.3 Å². The summed E-state index contributed by atoms with van der Waals surface area (Å²) in [4.78, 5) is 0. The molecule has 1 fully saturated rings. The minimum Gasteiger partial charge on any atom is -0.399 e. The van der Waals surface area contributed by atoms with Crippen LogP contribution in [0, 0.1) is 11.8 Å². The van der Waals surface area contributed by atoms with E-state index in [2.05, 4.69) is 93.6 Å². The van der Waals surface area contributed by atoms with Crippen molar-refractivity contribution in [1.29, 1.82) is 0 Å². The normalized spacial score (nSPS) is 16.4. The molecule has 4 aromatic rings. The van der Waals surface area contributed by atoms with Crippen LogP contribution in [0.3, 0.4) is 0 Å². The summed E-state index contributed by atoms with van der Waals surface area (Å²) in [6, 6.07) is 35.8. The lowest BCUT2D eigenvalue weighted by molar-refractivity contribution is 0.214. The molecule has 1 saturated carbocycles. The molecule has 1 aliphatic carbocycles. The summed E-state index contributed by atoms with van der Waals surface area (Å²) in [6.45, 7) is 6.92. The van der Waals surface area contributed by atoms with E-state index in [0.717, 1.165) is 23.2 Å². The van der Waals surface area contributed by atoms with Gasteiger partial charge in [0.15, 0.2) is 0 Å². The smallest absolute Gasteiger partial charge is 0.0314 e. The molecule has 1 aliphatic rings. The van der Waals surface area contributed by atoms with Crippen LogP contribution in [0.25, 0.3) is 0 Å². The summed E-state index contributed by atoms with van der Waals surface area (Å²) in [5.74, 6) is 2.85. The molecule has 250 valence electrons. The molecule has 0 aliphatic heterocycles. The molecule has 0 aromatic heterocycles. The van der Waals surface area contributed by atoms with Crippen LogP contribution in [-0.2, 0) is 0 Å². The van der Waals surface area contributed by atoms with E-state index < -0.39 is 0 Å². The van der Waals surface area contributed by atoms with Crippen LogP contribution < -0.4 is 11.5 Å². The molecule has 3 unspecified atom stereocenters. The van der Waals surface area contributed by atoms with Crippen molar-refractivity contribution >= 4 is 11.4 Å². The molecule has 0 radical (unpaired) electrons. The van der Waals surface area contributed by atoms with Gasteiger partial charge < -0.3 is 11.5 Å². The molecule has 0 saturated heterocycles. The zero-order valence-corrected chi connectivity index (χ0v) is 29.5. The molecule has 4 N–H and O–H groups in total. The molecule has 2 nitrogen and oxygen atoms in total. The monoisotopic (exact) mass is 628 g/mol. The first-order valence-corrected chi connectivity index (χ1v) is 18.8. The summed E-state index contributed by atoms with van der Waals surface area (Å²) >= 11 is 0. The van der Waals surface area contributed by atoms with E-state index in [0.29, 0.717) is 17.8 Å². The fourth-order valence-electron chi connectivity index (χ4n) is 8.13. The Kier molecular flexibility index (Phi) is 13.0. The molecule has 0 amide bonds. The number of hydrogen-bond acceptors (Lipinski definition) is 2. The quantitative estimate of drug-likeness (QED) is 0.0958. The number of benzene rings is 4. The number of nitrogen functional groups attached to an aromatic ring is 2. The van der Waals surface area contributed by atoms with Crippen LogP contribution in [0.15, 0.2) is 97.1 Å². The van der Waals surface area contributed by atoms with Crippen molar-refractivity contribution in [2.45, 2.75) is 122 Å². The maximum atomic E-state index is 5.97. The third kappa shape index (κ3) is 9.75. The largest absolute Gasteiger partial charge is 0.399 e. The Labute approximate surface area is 286 Å². The van der Waals surface area contributed by atoms with Crippen LogP contribution in [-0.4, -0.2) is 0 Å². The third-order valence-electron chi connectivity index (χ3n) is 11.4. The van der Waals surface area contributed by atoms with Crippen molar-refractivity contribution in [3.05, 3.63) is 130 Å². The summed E-state index contributed by atoms with van der Waals surface area (Å²) in [5, 5.41) is 0. The first-order valence-electron chi connectivity index (χ1n) is 18.8. The van der Waals surface area contributed by atoms with Crippen molar-refractivity contribution in [1.82, 2.24) is 0 Å². The van der Waals surface area contributed by atoms with Gasteiger partial charge in [-0.1, -0.05) is 164 Å². The molecule has 0 bridgehead atoms. The van der Waals surface area contributed by atoms with Gasteiger partial charge in [-0.15, -0.1) is 0 Å². The predicted octanol–water partition coefficient (Wildman–Crippen LogP) is 12.6. The average Bonchev–Trinajstić information content (AvgIpc) is 3.11. The Morgan fingerprint density at radius 1 is 0.489 bits per heavy atom. The molecule has 47 heavy (non-hydrogen) atoms. The van der Waals surface area contributed by atoms with Crippen molar-refractivity contribution in [2.24, 2.45) is 11.8 Å². The summed E-state index contributed by atoms with van der Waals surface area (Å²) in [7, 11) is 0. The van der Waals surface area contributed by atoms with E-state index >= 15 is 0 Å². The lowest BCUT2D eigenvalue weighted by Crippen LogP contribution is -2.19. The number of unbranched alkanes of at least 4 members (excludes halogenated alkanes) is 4. The average molecular weight is 629 g/mol. The molecule has 3 atom stereocenters. The Hall–Kier alpha value is -3.52. The highest BCUT2D eigenvalue weighted by Gasteiger charge is 2.25. The van der Waals surface area contributed by atoms with Crippen molar-refractivity contribution < 1.29 is 0 Å². The molecule has 2 heteroatoms. The second kappa shape index (κ2) is 17.6. The topological polar surface area (TPSA) is 52.0 Å². The van der Waals surface area contributed by atoms with Gasteiger partial charge in [0.05, 0.1) is 0 Å². The molecular weight excluding hydrogens is 569 g/mol. The highest BCUT2D eigenvalue weighted by atomic mass is 14.5. The van der Waals surface area contributed by atoms with Crippen LogP contribution in [0.5, 0.6) is 0 Å². The van der Waals surface area contributed by atoms with Gasteiger partial charge in [0.25, 0.3) is 0 Å². The Morgan fingerprint density at radius 2 is 0.894 bits per heavy atom. The van der Waals surface area contributed by atoms with Crippen molar-refractivity contribution in [3.63, 3.8) is 0 Å². The number of nitrogens with two attached hydrogens (primary N) is 2. The SMILES string of the molecule is CCCCCCCC(CCC(c1ccc(C(C)c2ccc(N)cc2)cc1)c1ccc(C(C)c2ccc(N)cc2)cc1)C1CCCCC1. The van der Waals surface area contributed by atoms with Crippen molar-refractivity contribution in [3.8, 4) is 0 Å². The van der Waals surface area contributed by atoms with Gasteiger partial charge in [0.1, 0.15) is 0 Å². The number of anilines is 2. The Morgan fingerprint density at radius 3 is 1.34 bits per heavy atom. The summed E-state index contributed by atoms with van der Waals surface area (Å²) in [6.07, 6.45) is 18.1. The Bertz CT molecular complexity index is 1350. The highest BCUT2D eigenvalue weighted by molar-refractivity contribution is 5.45. The van der Waals surface area contributed by atoms with Crippen LogP contribution in [0.4, 0.5) is 11.4 Å². The molecular formula is C45H60N2. The van der Waals surface area contributed by atoms with Gasteiger partial charge >= 0.3 is 0 Å². The number of hydrogen-bond donors (Lipinski definition) is 2. The Balaban J connectivity index is 1.37. The predicted molar refractivity (Wildman–Crippen MR) is 204 cm³/mol. The lowest BCUT2D eigenvalue weighted by atomic mass is 9.74. The van der Waals surface area contributed by atoms with E-state index in [1.807, 2.05) is 24.3 Å². The zero-order valence-electron chi connectivity index (χ0n) is 29.5. The van der Waals surface area contributed by atoms with Crippen molar-refractivity contribution in [2.75, 3.05) is 11.5 Å². The minimum absolute atomic E-state index is 0.334. The van der Waals surface area contributed by atoms with Gasteiger partial charge in [0.2, 0.25) is 0 Å². The lowest BCUT2D eigenvalue weighted by Gasteiger charge is -2.32. The highest BCUT2D eigenvalue weighted by Crippen LogP contribution is 2.40. The fraction of sp³-hybridized carbons (Fsp3) is 0.467. The maximum absolute atomic E-state index is 5.97. The van der Waals surface area contributed by atoms with Gasteiger partial charge in [-0.3, -0.25) is 0 Å². The van der Waals surface area contributed by atoms with Crippen LogP contribution in [0.1, 0.15) is 155 Å². The third-order valence-corrected chi connectivity index (χ3v) is 11.4. The zero-order chi connectivity index (χ0) is 33.0. The molecule has 0 heterocycles. The minimum atomic E-state index is 0.334. The molecule has 4 aromatic carbocycles. The molecule has 0 spiro atoms. The first kappa shape index (κ1) is 34.8. The maximum Gasteiger partial charge on any atom is 0.0314 e. The second-order valence-electron chi connectivity index (χ2n) is 14.6. The molecule has 5 rings (SSSR count). The summed E-state index contributed by atoms with van der Waals surface area (Å²) < 4.78 is 0. The van der Waals surface area contributed by atoms with Crippen LogP contribution >= 0.6 is 0 Å². The van der Waals surface area contributed by atoms with Crippen LogP contribution in [0.2, 0.25) is 0 Å². The van der Waals surface area contributed by atoms with E-state index in [-0.39, 0.29) is 0 Å². The standard InChI is InChI=1S/C45H60N2/c1-4-5-6-7-9-14-40(39-12-10-8-11-13-39)27-32-45(41-19-15-35(16-20-41)33(2)37-23-28-43(46)29-24-37)42-21-17-36(18-22-42)34(3)38-25-30-44(47)31-26-38/h15-26,28-31,33-34,39-40,45H,4-14,27,32,46-47H2,1-3H3. The second-order valence-corrected chi connectivity index (χ2v) is 14.6. The van der Waals surface area contributed by atoms with Gasteiger partial charge in [-0.25, -0.2) is 0 Å². The van der Waals surface area contributed by atoms with E-state index in [9.17, 15) is 0 Å². The van der Waals surface area contributed by atoms with E-state index in [1.54, 1.807) is 0 Å². The summed E-state index contributed by atoms with van der Waals surface area (Å²) in [5.41, 5.74) is 21.8.